The summed E-state index contributed by atoms with van der Waals surface area (Å²) < 4.78 is 18.4. The highest BCUT2D eigenvalue weighted by atomic mass is 19.1. The van der Waals surface area contributed by atoms with Crippen LogP contribution < -0.4 is 9.64 Å². The fourth-order valence-electron chi connectivity index (χ4n) is 4.15. The molecule has 0 aliphatic carbocycles. The second-order valence-corrected chi connectivity index (χ2v) is 8.27. The highest BCUT2D eigenvalue weighted by Gasteiger charge is 2.23. The Bertz CT molecular complexity index is 1060. The smallest absolute Gasteiger partial charge is 0.241 e. The minimum absolute atomic E-state index is 0.124. The molecule has 0 fully saturated rings. The van der Waals surface area contributed by atoms with Crippen LogP contribution >= 0.6 is 0 Å². The number of benzene rings is 2. The van der Waals surface area contributed by atoms with Gasteiger partial charge in [0, 0.05) is 23.5 Å². The second-order valence-electron chi connectivity index (χ2n) is 8.27. The zero-order chi connectivity index (χ0) is 22.5. The van der Waals surface area contributed by atoms with Crippen LogP contribution in [-0.2, 0) is 17.6 Å². The first-order chi connectivity index (χ1) is 15.5. The van der Waals surface area contributed by atoms with Gasteiger partial charge in [-0.15, -0.1) is 0 Å². The molecule has 0 atom stereocenters. The van der Waals surface area contributed by atoms with Gasteiger partial charge in [0.15, 0.2) is 0 Å². The number of aryl methyl sites for hydroxylation is 2. The molecule has 1 N–H and O–H groups in total. The summed E-state index contributed by atoms with van der Waals surface area (Å²) in [6.07, 6.45) is 3.67. The normalized spacial score (nSPS) is 13.3. The van der Waals surface area contributed by atoms with Crippen molar-refractivity contribution in [3.05, 3.63) is 65.6 Å². The van der Waals surface area contributed by atoms with Gasteiger partial charge < -0.3 is 9.64 Å². The van der Waals surface area contributed by atoms with Crippen molar-refractivity contribution in [3.8, 4) is 17.0 Å². The van der Waals surface area contributed by atoms with Gasteiger partial charge in [-0.05, 0) is 93.4 Å². The van der Waals surface area contributed by atoms with Crippen molar-refractivity contribution < 1.29 is 13.9 Å². The zero-order valence-corrected chi connectivity index (χ0v) is 18.6. The van der Waals surface area contributed by atoms with E-state index in [1.54, 1.807) is 19.2 Å². The van der Waals surface area contributed by atoms with Gasteiger partial charge in [0.1, 0.15) is 11.6 Å². The van der Waals surface area contributed by atoms with Gasteiger partial charge >= 0.3 is 0 Å². The molecule has 1 aliphatic rings. The number of methoxy groups -OCH3 is 1. The van der Waals surface area contributed by atoms with Crippen molar-refractivity contribution in [1.29, 1.82) is 0 Å². The molecule has 0 radical (unpaired) electrons. The number of fused-ring (bicyclic) bond motifs is 1. The van der Waals surface area contributed by atoms with Crippen molar-refractivity contribution in [1.82, 2.24) is 15.1 Å². The molecular formula is C25H29FN4O2. The van der Waals surface area contributed by atoms with Gasteiger partial charge in [-0.1, -0.05) is 0 Å². The van der Waals surface area contributed by atoms with Gasteiger partial charge in [-0.2, -0.15) is 5.10 Å². The number of H-pyrrole nitrogens is 1. The van der Waals surface area contributed by atoms with Crippen molar-refractivity contribution in [2.75, 3.05) is 38.7 Å². The molecule has 1 amide bonds. The van der Waals surface area contributed by atoms with E-state index in [1.807, 2.05) is 36.2 Å². The predicted molar refractivity (Wildman–Crippen MR) is 123 cm³/mol. The monoisotopic (exact) mass is 436 g/mol. The van der Waals surface area contributed by atoms with E-state index in [0.29, 0.717) is 6.54 Å². The first kappa shape index (κ1) is 22.0. The first-order valence-electron chi connectivity index (χ1n) is 11.0. The van der Waals surface area contributed by atoms with Crippen LogP contribution in [0.4, 0.5) is 10.1 Å². The Balaban J connectivity index is 1.27. The largest absolute Gasteiger partial charge is 0.497 e. The van der Waals surface area contributed by atoms with Crippen molar-refractivity contribution in [2.24, 2.45) is 0 Å². The van der Waals surface area contributed by atoms with Gasteiger partial charge in [0.2, 0.25) is 5.91 Å². The van der Waals surface area contributed by atoms with E-state index in [-0.39, 0.29) is 11.7 Å². The topological polar surface area (TPSA) is 61.5 Å². The van der Waals surface area contributed by atoms with Gasteiger partial charge in [0.25, 0.3) is 0 Å². The van der Waals surface area contributed by atoms with Crippen LogP contribution in [-0.4, -0.2) is 54.8 Å². The average molecular weight is 437 g/mol. The summed E-state index contributed by atoms with van der Waals surface area (Å²) in [6, 6.07) is 14.3. The van der Waals surface area contributed by atoms with E-state index >= 15 is 0 Å². The summed E-state index contributed by atoms with van der Waals surface area (Å²) in [5.74, 6) is 0.699. The molecule has 0 saturated heterocycles. The van der Waals surface area contributed by atoms with Gasteiger partial charge in [0.05, 0.1) is 19.3 Å². The average Bonchev–Trinajstić information content (AvgIpc) is 3.27. The van der Waals surface area contributed by atoms with Crippen LogP contribution in [0.15, 0.2) is 48.5 Å². The lowest BCUT2D eigenvalue weighted by Gasteiger charge is -2.31. The van der Waals surface area contributed by atoms with Crippen LogP contribution in [0.25, 0.3) is 11.3 Å². The maximum atomic E-state index is 13.1. The maximum absolute atomic E-state index is 13.1. The van der Waals surface area contributed by atoms with Crippen LogP contribution in [0.1, 0.15) is 24.1 Å². The molecule has 1 aliphatic heterocycles. The minimum atomic E-state index is -0.255. The third-order valence-corrected chi connectivity index (χ3v) is 5.87. The number of halogens is 1. The number of nitrogens with zero attached hydrogens (tertiary/aromatic N) is 3. The summed E-state index contributed by atoms with van der Waals surface area (Å²) in [5, 5.41) is 7.38. The summed E-state index contributed by atoms with van der Waals surface area (Å²) in [6.45, 7) is 1.95. The maximum Gasteiger partial charge on any atom is 0.241 e. The van der Waals surface area contributed by atoms with E-state index in [9.17, 15) is 9.18 Å². The van der Waals surface area contributed by atoms with Crippen LogP contribution in [0.2, 0.25) is 0 Å². The Labute approximate surface area is 188 Å². The quantitative estimate of drug-likeness (QED) is 0.578. The van der Waals surface area contributed by atoms with Crippen molar-refractivity contribution in [3.63, 3.8) is 0 Å². The van der Waals surface area contributed by atoms with E-state index < -0.39 is 0 Å². The third kappa shape index (κ3) is 5.16. The molecule has 0 unspecified atom stereocenters. The van der Waals surface area contributed by atoms with Crippen LogP contribution in [0.3, 0.4) is 0 Å². The molecule has 2 aromatic carbocycles. The number of aromatic amines is 1. The molecular weight excluding hydrogens is 407 g/mol. The summed E-state index contributed by atoms with van der Waals surface area (Å²) in [4.78, 5) is 16.9. The molecule has 0 saturated carbocycles. The number of carbonyl (C=O) groups excluding carboxylic acids is 1. The second kappa shape index (κ2) is 9.96. The molecule has 6 nitrogen and oxygen atoms in total. The molecule has 3 aromatic rings. The van der Waals surface area contributed by atoms with E-state index in [1.165, 1.54) is 17.7 Å². The number of anilines is 1. The zero-order valence-electron chi connectivity index (χ0n) is 18.6. The summed E-state index contributed by atoms with van der Waals surface area (Å²) in [7, 11) is 3.64. The van der Waals surface area contributed by atoms with Gasteiger partial charge in [-0.25, -0.2) is 4.39 Å². The number of aromatic nitrogens is 2. The summed E-state index contributed by atoms with van der Waals surface area (Å²) in [5.41, 5.74) is 4.90. The molecule has 168 valence electrons. The highest BCUT2D eigenvalue weighted by Crippen LogP contribution is 2.30. The SMILES string of the molecule is COc1ccc2c(c1)CCCN2C(=O)CN(C)CCCc1cc(-c2ccc(F)cc2)n[nH]1. The molecule has 0 spiro atoms. The molecule has 1 aromatic heterocycles. The number of hydrogen-bond acceptors (Lipinski definition) is 4. The predicted octanol–water partition coefficient (Wildman–Crippen LogP) is 4.07. The third-order valence-electron chi connectivity index (χ3n) is 5.87. The molecule has 7 heteroatoms. The Morgan fingerprint density at radius 1 is 1.22 bits per heavy atom. The molecule has 32 heavy (non-hydrogen) atoms. The lowest BCUT2D eigenvalue weighted by atomic mass is 10.0. The molecule has 2 heterocycles. The number of ether oxygens (including phenoxy) is 1. The van der Waals surface area contributed by atoms with E-state index in [4.69, 9.17) is 4.74 Å². The van der Waals surface area contributed by atoms with E-state index in [0.717, 1.165) is 67.2 Å². The number of amides is 1. The lowest BCUT2D eigenvalue weighted by Crippen LogP contribution is -2.42. The Morgan fingerprint density at radius 3 is 2.81 bits per heavy atom. The summed E-state index contributed by atoms with van der Waals surface area (Å²) >= 11 is 0. The van der Waals surface area contributed by atoms with E-state index in [2.05, 4.69) is 15.1 Å². The Kier molecular flexibility index (Phi) is 6.85. The Morgan fingerprint density at radius 2 is 2.03 bits per heavy atom. The fourth-order valence-corrected chi connectivity index (χ4v) is 4.15. The standard InChI is InChI=1S/C25H29FN4O2/c1-29(13-4-6-21-16-23(28-27-21)18-7-9-20(26)10-8-18)17-25(31)30-14-3-5-19-15-22(32-2)11-12-24(19)30/h7-12,15-16H,3-6,13-14,17H2,1-2H3,(H,27,28). The number of hydrogen-bond donors (Lipinski definition) is 1. The van der Waals surface area contributed by atoms with Crippen molar-refractivity contribution >= 4 is 11.6 Å². The number of nitrogens with one attached hydrogen (secondary N) is 1. The van der Waals surface area contributed by atoms with Crippen LogP contribution in [0.5, 0.6) is 5.75 Å². The fraction of sp³-hybridized carbons (Fsp3) is 0.360. The number of rotatable bonds is 8. The lowest BCUT2D eigenvalue weighted by molar-refractivity contribution is -0.119. The minimum Gasteiger partial charge on any atom is -0.497 e. The highest BCUT2D eigenvalue weighted by molar-refractivity contribution is 5.96. The Hall–Kier alpha value is -3.19. The number of likely N-dealkylation sites (N-methyl/N-ethyl adjacent to an activating group) is 1. The molecule has 0 bridgehead atoms. The first-order valence-corrected chi connectivity index (χ1v) is 11.0. The van der Waals surface area contributed by atoms with Crippen LogP contribution in [0, 0.1) is 5.82 Å². The number of carbonyl (C=O) groups is 1. The van der Waals surface area contributed by atoms with Gasteiger partial charge in [-0.3, -0.25) is 14.8 Å². The van der Waals surface area contributed by atoms with Crippen molar-refractivity contribution in [2.45, 2.75) is 25.7 Å². The molecule has 4 rings (SSSR count).